The summed E-state index contributed by atoms with van der Waals surface area (Å²) in [5, 5.41) is 0. The predicted octanol–water partition coefficient (Wildman–Crippen LogP) is 2.02. The van der Waals surface area contributed by atoms with Crippen LogP contribution in [0, 0.1) is 12.8 Å². The van der Waals surface area contributed by atoms with Crippen LogP contribution in [0.4, 0.5) is 0 Å². The first-order chi connectivity index (χ1) is 10.5. The number of nitrogens with zero attached hydrogens (tertiary/aromatic N) is 1. The molecule has 1 heterocycles. The molecule has 112 valence electrons. The molecule has 0 bridgehead atoms. The van der Waals surface area contributed by atoms with E-state index in [9.17, 15) is 19.2 Å². The molecular formula is C17H15NO4. The summed E-state index contributed by atoms with van der Waals surface area (Å²) in [4.78, 5) is 51.9. The van der Waals surface area contributed by atoms with Gasteiger partial charge in [0.25, 0.3) is 0 Å². The number of fused-ring (bicyclic) bond motifs is 1. The Hall–Kier alpha value is -2.43. The lowest BCUT2D eigenvalue weighted by molar-refractivity contribution is -0.132. The molecule has 1 aromatic heterocycles. The van der Waals surface area contributed by atoms with E-state index >= 15 is 0 Å². The Kier molecular flexibility index (Phi) is 3.56. The van der Waals surface area contributed by atoms with Crippen LogP contribution in [0.25, 0.3) is 0 Å². The summed E-state index contributed by atoms with van der Waals surface area (Å²) in [6.07, 6.45) is 2.28. The smallest absolute Gasteiger partial charge is 0.205 e. The average molecular weight is 297 g/mol. The lowest BCUT2D eigenvalue weighted by atomic mass is 9.80. The second-order valence-corrected chi connectivity index (χ2v) is 5.83. The van der Waals surface area contributed by atoms with E-state index in [1.807, 2.05) is 0 Å². The van der Waals surface area contributed by atoms with Gasteiger partial charge in [-0.15, -0.1) is 0 Å². The van der Waals surface area contributed by atoms with Crippen molar-refractivity contribution >= 4 is 23.1 Å². The van der Waals surface area contributed by atoms with Crippen LogP contribution in [0.2, 0.25) is 0 Å². The lowest BCUT2D eigenvalue weighted by Crippen LogP contribution is -2.27. The Balaban J connectivity index is 1.86. The van der Waals surface area contributed by atoms with Crippen LogP contribution in [0.5, 0.6) is 0 Å². The largest absolute Gasteiger partial charge is 0.299 e. The maximum atomic E-state index is 12.5. The zero-order chi connectivity index (χ0) is 15.9. The van der Waals surface area contributed by atoms with Crippen LogP contribution in [-0.4, -0.2) is 28.1 Å². The number of aromatic nitrogens is 1. The third-order valence-corrected chi connectivity index (χ3v) is 4.17. The quantitative estimate of drug-likeness (QED) is 0.780. The van der Waals surface area contributed by atoms with E-state index in [2.05, 4.69) is 4.98 Å². The van der Waals surface area contributed by atoms with Crippen molar-refractivity contribution in [2.75, 3.05) is 0 Å². The number of rotatable bonds is 2. The average Bonchev–Trinajstić information content (AvgIpc) is 2.47. The fourth-order valence-corrected chi connectivity index (χ4v) is 2.95. The van der Waals surface area contributed by atoms with Gasteiger partial charge in [-0.3, -0.25) is 19.2 Å². The van der Waals surface area contributed by atoms with Crippen LogP contribution < -0.4 is 0 Å². The summed E-state index contributed by atoms with van der Waals surface area (Å²) >= 11 is 0. The SMILES string of the molecule is Cc1ccc2c(n1)C(=O)C=C(CC1CCC(=O)CC1=O)C2=O. The first-order valence-corrected chi connectivity index (χ1v) is 7.27. The van der Waals surface area contributed by atoms with Gasteiger partial charge in [0.05, 0.1) is 12.0 Å². The Bertz CT molecular complexity index is 745. The number of Topliss-reactive ketones (excluding diaryl/α,β-unsaturated/α-hetero) is 3. The maximum Gasteiger partial charge on any atom is 0.205 e. The molecular weight excluding hydrogens is 282 g/mol. The topological polar surface area (TPSA) is 81.2 Å². The lowest BCUT2D eigenvalue weighted by Gasteiger charge is -2.22. The third-order valence-electron chi connectivity index (χ3n) is 4.17. The zero-order valence-corrected chi connectivity index (χ0v) is 12.2. The number of hydrogen-bond donors (Lipinski definition) is 0. The molecule has 22 heavy (non-hydrogen) atoms. The van der Waals surface area contributed by atoms with E-state index in [-0.39, 0.29) is 47.6 Å². The standard InChI is InChI=1S/C17H15NO4/c1-9-2-5-13-16(18-9)15(21)7-11(17(13)22)6-10-3-4-12(19)8-14(10)20/h2,5,7,10H,3-4,6,8H2,1H3. The summed E-state index contributed by atoms with van der Waals surface area (Å²) in [5.41, 5.74) is 1.50. The predicted molar refractivity (Wildman–Crippen MR) is 77.7 cm³/mol. The van der Waals surface area contributed by atoms with Crippen LogP contribution in [0.1, 0.15) is 52.2 Å². The zero-order valence-electron chi connectivity index (χ0n) is 12.2. The van der Waals surface area contributed by atoms with Crippen LogP contribution >= 0.6 is 0 Å². The molecule has 0 amide bonds. The highest BCUT2D eigenvalue weighted by Gasteiger charge is 2.32. The van der Waals surface area contributed by atoms with E-state index in [0.717, 1.165) is 0 Å². The Morgan fingerprint density at radius 3 is 2.68 bits per heavy atom. The molecule has 0 aliphatic heterocycles. The van der Waals surface area contributed by atoms with Gasteiger partial charge in [0.1, 0.15) is 17.3 Å². The molecule has 0 saturated heterocycles. The minimum atomic E-state index is -0.347. The molecule has 0 N–H and O–H groups in total. The summed E-state index contributed by atoms with van der Waals surface area (Å²) in [6, 6.07) is 3.30. The van der Waals surface area contributed by atoms with Gasteiger partial charge < -0.3 is 0 Å². The monoisotopic (exact) mass is 297 g/mol. The maximum absolute atomic E-state index is 12.5. The fraction of sp³-hybridized carbons (Fsp3) is 0.353. The van der Waals surface area contributed by atoms with Crippen molar-refractivity contribution in [2.24, 2.45) is 5.92 Å². The minimum absolute atomic E-state index is 0.0497. The van der Waals surface area contributed by atoms with Gasteiger partial charge in [-0.25, -0.2) is 4.98 Å². The van der Waals surface area contributed by atoms with Crippen molar-refractivity contribution in [3.63, 3.8) is 0 Å². The Morgan fingerprint density at radius 1 is 1.18 bits per heavy atom. The first-order valence-electron chi connectivity index (χ1n) is 7.27. The van der Waals surface area contributed by atoms with E-state index < -0.39 is 0 Å². The molecule has 2 aliphatic carbocycles. The molecule has 0 radical (unpaired) electrons. The highest BCUT2D eigenvalue weighted by molar-refractivity contribution is 6.23. The van der Waals surface area contributed by atoms with Crippen molar-refractivity contribution in [1.82, 2.24) is 4.98 Å². The molecule has 1 fully saturated rings. The van der Waals surface area contributed by atoms with Crippen molar-refractivity contribution < 1.29 is 19.2 Å². The van der Waals surface area contributed by atoms with Gasteiger partial charge in [0.15, 0.2) is 5.78 Å². The van der Waals surface area contributed by atoms with Crippen LogP contribution in [0.15, 0.2) is 23.8 Å². The van der Waals surface area contributed by atoms with Gasteiger partial charge in [0, 0.05) is 23.6 Å². The van der Waals surface area contributed by atoms with E-state index in [1.165, 1.54) is 6.08 Å². The van der Waals surface area contributed by atoms with Gasteiger partial charge in [-0.1, -0.05) is 0 Å². The molecule has 1 unspecified atom stereocenters. The second-order valence-electron chi connectivity index (χ2n) is 5.83. The molecule has 2 aliphatic rings. The summed E-state index contributed by atoms with van der Waals surface area (Å²) in [6.45, 7) is 1.76. The Labute approximate surface area is 127 Å². The molecule has 1 aromatic rings. The molecule has 1 atom stereocenters. The van der Waals surface area contributed by atoms with E-state index in [4.69, 9.17) is 0 Å². The van der Waals surface area contributed by atoms with Gasteiger partial charge in [-0.2, -0.15) is 0 Å². The van der Waals surface area contributed by atoms with Crippen molar-refractivity contribution in [3.8, 4) is 0 Å². The van der Waals surface area contributed by atoms with Crippen molar-refractivity contribution in [2.45, 2.75) is 32.6 Å². The number of pyridine rings is 1. The third kappa shape index (κ3) is 2.54. The van der Waals surface area contributed by atoms with E-state index in [0.29, 0.717) is 29.7 Å². The van der Waals surface area contributed by atoms with Gasteiger partial charge >= 0.3 is 0 Å². The molecule has 0 spiro atoms. The summed E-state index contributed by atoms with van der Waals surface area (Å²) in [5.74, 6) is -1.07. The Morgan fingerprint density at radius 2 is 1.95 bits per heavy atom. The summed E-state index contributed by atoms with van der Waals surface area (Å²) < 4.78 is 0. The van der Waals surface area contributed by atoms with Crippen molar-refractivity contribution in [1.29, 1.82) is 0 Å². The number of ketones is 4. The number of hydrogen-bond acceptors (Lipinski definition) is 5. The molecule has 3 rings (SSSR count). The number of aryl methyl sites for hydroxylation is 1. The molecule has 5 nitrogen and oxygen atoms in total. The van der Waals surface area contributed by atoms with E-state index in [1.54, 1.807) is 19.1 Å². The summed E-state index contributed by atoms with van der Waals surface area (Å²) in [7, 11) is 0. The molecule has 0 aromatic carbocycles. The second kappa shape index (κ2) is 5.40. The van der Waals surface area contributed by atoms with Gasteiger partial charge in [-0.05, 0) is 38.0 Å². The number of carbonyl (C=O) groups is 4. The van der Waals surface area contributed by atoms with Gasteiger partial charge in [0.2, 0.25) is 5.78 Å². The number of allylic oxidation sites excluding steroid dienone is 2. The first kappa shape index (κ1) is 14.5. The van der Waals surface area contributed by atoms with Crippen LogP contribution in [0.3, 0.4) is 0 Å². The van der Waals surface area contributed by atoms with Crippen molar-refractivity contribution in [3.05, 3.63) is 40.7 Å². The normalized spacial score (nSPS) is 21.7. The highest BCUT2D eigenvalue weighted by Crippen LogP contribution is 2.29. The molecule has 1 saturated carbocycles. The van der Waals surface area contributed by atoms with Crippen LogP contribution in [-0.2, 0) is 9.59 Å². The minimum Gasteiger partial charge on any atom is -0.299 e. The fourth-order valence-electron chi connectivity index (χ4n) is 2.95. The number of carbonyl (C=O) groups excluding carboxylic acids is 4. The molecule has 5 heteroatoms. The highest BCUT2D eigenvalue weighted by atomic mass is 16.2.